The molecule has 0 bridgehead atoms. The molecule has 11 N–H and O–H groups in total. The Hall–Kier alpha value is -4.50. The van der Waals surface area contributed by atoms with Gasteiger partial charge in [0.05, 0.1) is 25.0 Å². The number of aliphatic hydroxyl groups excluding tert-OH is 1. The molecule has 0 saturated heterocycles. The minimum atomic E-state index is -1.81. The summed E-state index contributed by atoms with van der Waals surface area (Å²) >= 11 is 0. The summed E-state index contributed by atoms with van der Waals surface area (Å²) in [4.78, 5) is 75.2. The van der Waals surface area contributed by atoms with E-state index in [9.17, 15) is 33.9 Å². The van der Waals surface area contributed by atoms with E-state index in [-0.39, 0.29) is 6.42 Å². The summed E-state index contributed by atoms with van der Waals surface area (Å²) in [7, 11) is 0. The number of fused-ring (bicyclic) bond motifs is 1. The second kappa shape index (κ2) is 13.2. The lowest BCUT2D eigenvalue weighted by atomic mass is 10.0. The lowest BCUT2D eigenvalue weighted by Gasteiger charge is -2.24. The minimum absolute atomic E-state index is 0.0702. The van der Waals surface area contributed by atoms with Crippen LogP contribution in [0.5, 0.6) is 0 Å². The molecule has 0 aliphatic heterocycles. The summed E-state index contributed by atoms with van der Waals surface area (Å²) in [6.07, 6.45) is -1.47. The number of aromatic nitrogens is 1. The average molecular weight is 535 g/mol. The van der Waals surface area contributed by atoms with Crippen LogP contribution in [0, 0.1) is 0 Å². The molecular formula is C23H30N6O9. The number of carboxylic acids is 2. The van der Waals surface area contributed by atoms with E-state index < -0.39 is 78.7 Å². The highest BCUT2D eigenvalue weighted by Crippen LogP contribution is 2.18. The first-order valence-electron chi connectivity index (χ1n) is 11.4. The maximum absolute atomic E-state index is 12.9. The second-order valence-corrected chi connectivity index (χ2v) is 8.63. The zero-order valence-corrected chi connectivity index (χ0v) is 20.3. The van der Waals surface area contributed by atoms with Gasteiger partial charge in [-0.3, -0.25) is 24.0 Å². The zero-order valence-electron chi connectivity index (χ0n) is 20.3. The van der Waals surface area contributed by atoms with E-state index in [4.69, 9.17) is 21.7 Å². The standard InChI is InChI=1S/C23H30N6O9/c1-10(30)19(23(37)38)29-22(36)16(8-18(32)33)28-21(35)15(7-17(25)31)27-20(34)13(24)6-11-9-26-14-5-3-2-4-12(11)14/h2-5,9-10,13,15-16,19,26,30H,6-8,24H2,1H3,(H2,25,31)(H,27,34)(H,28,35)(H,29,36)(H,32,33)(H,37,38)/t10-,13+,15-,16+,19+/m1/s1. The molecule has 0 fully saturated rings. The van der Waals surface area contributed by atoms with Crippen molar-refractivity contribution >= 4 is 46.5 Å². The first kappa shape index (κ1) is 29.7. The molecule has 0 radical (unpaired) electrons. The fraction of sp³-hybridized carbons (Fsp3) is 0.391. The molecule has 1 aromatic heterocycles. The summed E-state index contributed by atoms with van der Waals surface area (Å²) in [5, 5.41) is 35.0. The van der Waals surface area contributed by atoms with Crippen molar-refractivity contribution in [3.8, 4) is 0 Å². The molecular weight excluding hydrogens is 504 g/mol. The predicted molar refractivity (Wildman–Crippen MR) is 131 cm³/mol. The number of carbonyl (C=O) groups is 6. The van der Waals surface area contributed by atoms with Gasteiger partial charge in [-0.1, -0.05) is 18.2 Å². The number of carbonyl (C=O) groups excluding carboxylic acids is 4. The van der Waals surface area contributed by atoms with Crippen LogP contribution in [0.25, 0.3) is 10.9 Å². The van der Waals surface area contributed by atoms with Crippen molar-refractivity contribution in [2.45, 2.75) is 56.5 Å². The Morgan fingerprint density at radius 3 is 2.08 bits per heavy atom. The van der Waals surface area contributed by atoms with Gasteiger partial charge >= 0.3 is 11.9 Å². The molecule has 38 heavy (non-hydrogen) atoms. The minimum Gasteiger partial charge on any atom is -0.481 e. The van der Waals surface area contributed by atoms with Crippen LogP contribution in [0.3, 0.4) is 0 Å². The largest absolute Gasteiger partial charge is 0.481 e. The van der Waals surface area contributed by atoms with Gasteiger partial charge in [0.25, 0.3) is 0 Å². The van der Waals surface area contributed by atoms with Gasteiger partial charge < -0.3 is 47.7 Å². The molecule has 15 nitrogen and oxygen atoms in total. The van der Waals surface area contributed by atoms with Crippen molar-refractivity contribution in [1.82, 2.24) is 20.9 Å². The number of nitrogens with two attached hydrogens (primary N) is 2. The molecule has 2 rings (SSSR count). The number of aliphatic carboxylic acids is 2. The van der Waals surface area contributed by atoms with Crippen molar-refractivity contribution in [2.24, 2.45) is 11.5 Å². The zero-order chi connectivity index (χ0) is 28.6. The van der Waals surface area contributed by atoms with Crippen LogP contribution >= 0.6 is 0 Å². The van der Waals surface area contributed by atoms with E-state index in [1.165, 1.54) is 0 Å². The van der Waals surface area contributed by atoms with Gasteiger partial charge in [0.15, 0.2) is 6.04 Å². The number of rotatable bonds is 14. The molecule has 0 spiro atoms. The monoisotopic (exact) mass is 534 g/mol. The Morgan fingerprint density at radius 2 is 1.50 bits per heavy atom. The number of primary amides is 1. The van der Waals surface area contributed by atoms with Gasteiger partial charge in [-0.2, -0.15) is 0 Å². The maximum atomic E-state index is 12.9. The van der Waals surface area contributed by atoms with Crippen LogP contribution < -0.4 is 27.4 Å². The van der Waals surface area contributed by atoms with Crippen LogP contribution in [0.2, 0.25) is 0 Å². The van der Waals surface area contributed by atoms with E-state index in [0.29, 0.717) is 0 Å². The summed E-state index contributed by atoms with van der Waals surface area (Å²) < 4.78 is 0. The molecule has 0 unspecified atom stereocenters. The van der Waals surface area contributed by atoms with Crippen LogP contribution in [0.4, 0.5) is 0 Å². The number of aliphatic hydroxyl groups is 1. The molecule has 5 atom stereocenters. The Bertz CT molecular complexity index is 1210. The number of nitrogens with one attached hydrogen (secondary N) is 4. The molecule has 0 saturated carbocycles. The fourth-order valence-corrected chi connectivity index (χ4v) is 3.62. The van der Waals surface area contributed by atoms with E-state index in [1.54, 1.807) is 6.20 Å². The molecule has 1 aromatic carbocycles. The molecule has 2 aromatic rings. The van der Waals surface area contributed by atoms with Gasteiger partial charge in [0.2, 0.25) is 23.6 Å². The van der Waals surface area contributed by atoms with Crippen molar-refractivity contribution in [2.75, 3.05) is 0 Å². The van der Waals surface area contributed by atoms with Gasteiger partial charge in [-0.05, 0) is 25.0 Å². The summed E-state index contributed by atoms with van der Waals surface area (Å²) in [5.41, 5.74) is 12.7. The normalized spacial score (nSPS) is 14.9. The van der Waals surface area contributed by atoms with Crippen molar-refractivity contribution in [3.63, 3.8) is 0 Å². The number of carboxylic acid groups (broad SMARTS) is 2. The van der Waals surface area contributed by atoms with Crippen molar-refractivity contribution in [1.29, 1.82) is 0 Å². The Labute approximate surface area is 215 Å². The van der Waals surface area contributed by atoms with Gasteiger partial charge in [0, 0.05) is 17.1 Å². The van der Waals surface area contributed by atoms with E-state index in [1.807, 2.05) is 29.6 Å². The molecule has 4 amide bonds. The summed E-state index contributed by atoms with van der Waals surface area (Å²) in [6, 6.07) is 0.917. The topological polar surface area (TPSA) is 267 Å². The SMILES string of the molecule is C[C@@H](O)[C@H](NC(=O)[C@H](CC(=O)O)NC(=O)[C@@H](CC(N)=O)NC(=O)[C@@H](N)Cc1c[nH]c2ccccc12)C(=O)O. The van der Waals surface area contributed by atoms with E-state index in [2.05, 4.69) is 15.6 Å². The third kappa shape index (κ3) is 8.28. The van der Waals surface area contributed by atoms with Gasteiger partial charge in [-0.25, -0.2) is 4.79 Å². The second-order valence-electron chi connectivity index (χ2n) is 8.63. The predicted octanol–water partition coefficient (Wildman–Crippen LogP) is -2.69. The van der Waals surface area contributed by atoms with E-state index >= 15 is 0 Å². The third-order valence-corrected chi connectivity index (χ3v) is 5.55. The first-order valence-corrected chi connectivity index (χ1v) is 11.4. The highest BCUT2D eigenvalue weighted by Gasteiger charge is 2.33. The van der Waals surface area contributed by atoms with Gasteiger partial charge in [0.1, 0.15) is 12.1 Å². The van der Waals surface area contributed by atoms with Crippen molar-refractivity contribution in [3.05, 3.63) is 36.0 Å². The summed E-state index contributed by atoms with van der Waals surface area (Å²) in [6.45, 7) is 1.09. The number of benzene rings is 1. The number of H-pyrrole nitrogens is 1. The quantitative estimate of drug-likeness (QED) is 0.121. The third-order valence-electron chi connectivity index (χ3n) is 5.55. The number of para-hydroxylation sites is 1. The first-order chi connectivity index (χ1) is 17.8. The lowest BCUT2D eigenvalue weighted by molar-refractivity contribution is -0.146. The summed E-state index contributed by atoms with van der Waals surface area (Å²) in [5.74, 6) is -7.30. The van der Waals surface area contributed by atoms with Gasteiger partial charge in [-0.15, -0.1) is 0 Å². The molecule has 0 aliphatic rings. The van der Waals surface area contributed by atoms with Crippen LogP contribution in [0.15, 0.2) is 30.5 Å². The number of aromatic amines is 1. The molecule has 0 aliphatic carbocycles. The van der Waals surface area contributed by atoms with Crippen LogP contribution in [-0.4, -0.2) is 86.1 Å². The Morgan fingerprint density at radius 1 is 0.921 bits per heavy atom. The lowest BCUT2D eigenvalue weighted by Crippen LogP contribution is -2.59. The number of hydrogen-bond donors (Lipinski definition) is 9. The smallest absolute Gasteiger partial charge is 0.328 e. The number of amides is 4. The molecule has 15 heteroatoms. The van der Waals surface area contributed by atoms with Crippen LogP contribution in [-0.2, 0) is 35.2 Å². The number of hydrogen-bond acceptors (Lipinski definition) is 8. The average Bonchev–Trinajstić information content (AvgIpc) is 3.23. The fourth-order valence-electron chi connectivity index (χ4n) is 3.62. The Balaban J connectivity index is 2.15. The highest BCUT2D eigenvalue weighted by atomic mass is 16.4. The van der Waals surface area contributed by atoms with E-state index in [0.717, 1.165) is 23.4 Å². The highest BCUT2D eigenvalue weighted by molar-refractivity contribution is 5.97. The maximum Gasteiger partial charge on any atom is 0.328 e. The van der Waals surface area contributed by atoms with Crippen molar-refractivity contribution < 1.29 is 44.1 Å². The Kier molecular flexibility index (Phi) is 10.3. The molecule has 206 valence electrons. The van der Waals surface area contributed by atoms with Crippen LogP contribution in [0.1, 0.15) is 25.3 Å². The molecule has 1 heterocycles.